The molecule has 1 aliphatic heterocycles. The van der Waals surface area contributed by atoms with Crippen LogP contribution in [0.3, 0.4) is 0 Å². The van der Waals surface area contributed by atoms with Crippen molar-refractivity contribution in [1.29, 1.82) is 0 Å². The molecule has 1 N–H and O–H groups in total. The predicted molar refractivity (Wildman–Crippen MR) is 110 cm³/mol. The number of carbonyl (C=O) groups is 3. The van der Waals surface area contributed by atoms with Crippen LogP contribution in [0.15, 0.2) is 48.5 Å². The summed E-state index contributed by atoms with van der Waals surface area (Å²) in [6.07, 6.45) is 2.18. The number of likely N-dealkylation sites (tertiary alicyclic amines) is 1. The lowest BCUT2D eigenvalue weighted by molar-refractivity contribution is -0.133. The second-order valence-electron chi connectivity index (χ2n) is 7.38. The maximum absolute atomic E-state index is 13.2. The van der Waals surface area contributed by atoms with E-state index < -0.39 is 5.97 Å². The van der Waals surface area contributed by atoms with E-state index >= 15 is 0 Å². The van der Waals surface area contributed by atoms with Gasteiger partial charge < -0.3 is 15.0 Å². The number of benzene rings is 2. The molecule has 0 aromatic heterocycles. The van der Waals surface area contributed by atoms with E-state index in [0.717, 1.165) is 5.56 Å². The first kappa shape index (κ1) is 21.5. The van der Waals surface area contributed by atoms with Gasteiger partial charge in [-0.15, -0.1) is 0 Å². The molecule has 0 spiro atoms. The fourth-order valence-corrected chi connectivity index (χ4v) is 3.51. The van der Waals surface area contributed by atoms with Crippen molar-refractivity contribution in [2.75, 3.05) is 13.1 Å². The van der Waals surface area contributed by atoms with Gasteiger partial charge in [0.2, 0.25) is 5.91 Å². The molecule has 158 valence electrons. The molecule has 1 saturated heterocycles. The Morgan fingerprint density at radius 2 is 1.83 bits per heavy atom. The number of rotatable bonds is 6. The van der Waals surface area contributed by atoms with E-state index in [1.54, 1.807) is 29.2 Å². The number of nitrogens with zero attached hydrogens (tertiary/aromatic N) is 1. The van der Waals surface area contributed by atoms with Crippen LogP contribution in [0.2, 0.25) is 0 Å². The van der Waals surface area contributed by atoms with Gasteiger partial charge in [0, 0.05) is 38.0 Å². The van der Waals surface area contributed by atoms with Crippen molar-refractivity contribution in [3.63, 3.8) is 0 Å². The normalized spacial score (nSPS) is 14.3. The first-order chi connectivity index (χ1) is 14.4. The van der Waals surface area contributed by atoms with Crippen molar-refractivity contribution >= 4 is 17.8 Å². The first-order valence-electron chi connectivity index (χ1n) is 10.0. The van der Waals surface area contributed by atoms with Crippen LogP contribution in [0.25, 0.3) is 0 Å². The van der Waals surface area contributed by atoms with Crippen molar-refractivity contribution in [2.45, 2.75) is 38.6 Å². The zero-order chi connectivity index (χ0) is 21.5. The Bertz CT molecular complexity index is 923. The molecule has 0 saturated carbocycles. The number of nitrogens with one attached hydrogen (secondary N) is 1. The summed E-state index contributed by atoms with van der Waals surface area (Å²) in [4.78, 5) is 37.8. The molecule has 2 aromatic rings. The first-order valence-corrected chi connectivity index (χ1v) is 10.0. The van der Waals surface area contributed by atoms with Crippen LogP contribution in [0.4, 0.5) is 4.39 Å². The molecule has 1 aliphatic rings. The van der Waals surface area contributed by atoms with Crippen molar-refractivity contribution in [2.24, 2.45) is 0 Å². The van der Waals surface area contributed by atoms with Crippen LogP contribution < -0.4 is 10.1 Å². The van der Waals surface area contributed by atoms with Gasteiger partial charge in [-0.05, 0) is 55.2 Å². The van der Waals surface area contributed by atoms with Crippen LogP contribution in [-0.2, 0) is 16.0 Å². The summed E-state index contributed by atoms with van der Waals surface area (Å²) < 4.78 is 18.3. The van der Waals surface area contributed by atoms with Gasteiger partial charge in [-0.3, -0.25) is 14.4 Å². The average Bonchev–Trinajstić information content (AvgIpc) is 2.72. The minimum Gasteiger partial charge on any atom is -0.427 e. The lowest BCUT2D eigenvalue weighted by Crippen LogP contribution is -2.46. The quantitative estimate of drug-likeness (QED) is 0.584. The van der Waals surface area contributed by atoms with Crippen LogP contribution in [0, 0.1) is 5.82 Å². The SMILES string of the molecule is CC(=O)Oc1cccc(C(=O)NC2CCN(C(=O)CCc3cccc(F)c3)CC2)c1. The second kappa shape index (κ2) is 10.0. The molecule has 6 nitrogen and oxygen atoms in total. The molecular formula is C23H25FN2O4. The number of hydrogen-bond donors (Lipinski definition) is 1. The van der Waals surface area contributed by atoms with Crippen LogP contribution in [0.1, 0.15) is 42.1 Å². The summed E-state index contributed by atoms with van der Waals surface area (Å²) in [5, 5.41) is 2.98. The van der Waals surface area contributed by atoms with Gasteiger partial charge in [0.15, 0.2) is 0 Å². The van der Waals surface area contributed by atoms with Gasteiger partial charge in [0.05, 0.1) is 0 Å². The highest BCUT2D eigenvalue weighted by Crippen LogP contribution is 2.16. The number of amides is 2. The van der Waals surface area contributed by atoms with Gasteiger partial charge >= 0.3 is 5.97 Å². The standard InChI is InChI=1S/C23H25FN2O4/c1-16(27)30-21-7-3-5-18(15-21)23(29)25-20-10-12-26(13-11-20)22(28)9-8-17-4-2-6-19(24)14-17/h2-7,14-15,20H,8-13H2,1H3,(H,25,29). The third kappa shape index (κ3) is 6.14. The molecule has 2 aromatic carbocycles. The highest BCUT2D eigenvalue weighted by molar-refractivity contribution is 5.95. The molecule has 0 atom stereocenters. The molecule has 0 bridgehead atoms. The van der Waals surface area contributed by atoms with Crippen molar-refractivity contribution in [3.05, 3.63) is 65.5 Å². The molecule has 2 amide bonds. The van der Waals surface area contributed by atoms with Crippen molar-refractivity contribution in [3.8, 4) is 5.75 Å². The number of ether oxygens (including phenoxy) is 1. The lowest BCUT2D eigenvalue weighted by Gasteiger charge is -2.32. The summed E-state index contributed by atoms with van der Waals surface area (Å²) in [7, 11) is 0. The fraction of sp³-hybridized carbons (Fsp3) is 0.348. The predicted octanol–water partition coefficient (Wildman–Crippen LogP) is 3.10. The highest BCUT2D eigenvalue weighted by Gasteiger charge is 2.24. The van der Waals surface area contributed by atoms with E-state index in [-0.39, 0.29) is 23.7 Å². The molecule has 7 heteroatoms. The molecule has 0 radical (unpaired) electrons. The number of esters is 1. The second-order valence-corrected chi connectivity index (χ2v) is 7.38. The zero-order valence-electron chi connectivity index (χ0n) is 16.9. The summed E-state index contributed by atoms with van der Waals surface area (Å²) in [6.45, 7) is 2.45. The third-order valence-electron chi connectivity index (χ3n) is 5.06. The maximum Gasteiger partial charge on any atom is 0.308 e. The van der Waals surface area contributed by atoms with Crippen LogP contribution in [-0.4, -0.2) is 41.8 Å². The fourth-order valence-electron chi connectivity index (χ4n) is 3.51. The van der Waals surface area contributed by atoms with E-state index in [2.05, 4.69) is 5.32 Å². The van der Waals surface area contributed by atoms with Crippen LogP contribution >= 0.6 is 0 Å². The van der Waals surface area contributed by atoms with E-state index in [1.165, 1.54) is 25.1 Å². The average molecular weight is 412 g/mol. The van der Waals surface area contributed by atoms with Gasteiger partial charge in [0.1, 0.15) is 11.6 Å². The van der Waals surface area contributed by atoms with Gasteiger partial charge in [-0.1, -0.05) is 18.2 Å². The van der Waals surface area contributed by atoms with E-state index in [4.69, 9.17) is 4.74 Å². The Morgan fingerprint density at radius 1 is 1.10 bits per heavy atom. The maximum atomic E-state index is 13.2. The van der Waals surface area contributed by atoms with E-state index in [0.29, 0.717) is 50.1 Å². The molecule has 30 heavy (non-hydrogen) atoms. The van der Waals surface area contributed by atoms with Crippen molar-refractivity contribution in [1.82, 2.24) is 10.2 Å². The largest absolute Gasteiger partial charge is 0.427 e. The minimum atomic E-state index is -0.443. The Kier molecular flexibility index (Phi) is 7.17. The third-order valence-corrected chi connectivity index (χ3v) is 5.06. The zero-order valence-corrected chi connectivity index (χ0v) is 16.9. The molecule has 0 aliphatic carbocycles. The summed E-state index contributed by atoms with van der Waals surface area (Å²) >= 11 is 0. The van der Waals surface area contributed by atoms with Gasteiger partial charge in [0.25, 0.3) is 5.91 Å². The summed E-state index contributed by atoms with van der Waals surface area (Å²) in [6, 6.07) is 12.7. The topological polar surface area (TPSA) is 75.7 Å². The van der Waals surface area contributed by atoms with Crippen LogP contribution in [0.5, 0.6) is 5.75 Å². The summed E-state index contributed by atoms with van der Waals surface area (Å²) in [5.74, 6) is -0.608. The molecule has 3 rings (SSSR count). The highest BCUT2D eigenvalue weighted by atomic mass is 19.1. The smallest absolute Gasteiger partial charge is 0.308 e. The monoisotopic (exact) mass is 412 g/mol. The number of piperidine rings is 1. The van der Waals surface area contributed by atoms with Gasteiger partial charge in [-0.2, -0.15) is 0 Å². The lowest BCUT2D eigenvalue weighted by atomic mass is 10.0. The number of halogens is 1. The number of aryl methyl sites for hydroxylation is 1. The van der Waals surface area contributed by atoms with Gasteiger partial charge in [-0.25, -0.2) is 4.39 Å². The van der Waals surface area contributed by atoms with E-state index in [9.17, 15) is 18.8 Å². The van der Waals surface area contributed by atoms with Crippen molar-refractivity contribution < 1.29 is 23.5 Å². The number of hydrogen-bond acceptors (Lipinski definition) is 4. The van der Waals surface area contributed by atoms with E-state index in [1.807, 2.05) is 6.07 Å². The summed E-state index contributed by atoms with van der Waals surface area (Å²) in [5.41, 5.74) is 1.23. The minimum absolute atomic E-state index is 0.0258. The Morgan fingerprint density at radius 3 is 2.53 bits per heavy atom. The molecule has 1 heterocycles. The Labute approximate surface area is 175 Å². The number of carbonyl (C=O) groups excluding carboxylic acids is 3. The molecule has 0 unspecified atom stereocenters. The molecule has 1 fully saturated rings. The molecular weight excluding hydrogens is 387 g/mol. The Balaban J connectivity index is 1.45. The Hall–Kier alpha value is -3.22.